The lowest BCUT2D eigenvalue weighted by molar-refractivity contribution is -0.132. The molecular weight excluding hydrogens is 342 g/mol. The van der Waals surface area contributed by atoms with Crippen LogP contribution in [-0.2, 0) is 16.1 Å². The summed E-state index contributed by atoms with van der Waals surface area (Å²) in [6.45, 7) is 3.41. The summed E-state index contributed by atoms with van der Waals surface area (Å²) in [5.41, 5.74) is 1.69. The zero-order valence-electron chi connectivity index (χ0n) is 16.1. The van der Waals surface area contributed by atoms with Crippen molar-refractivity contribution in [3.05, 3.63) is 60.2 Å². The highest BCUT2D eigenvalue weighted by molar-refractivity contribution is 5.94. The molecule has 0 aliphatic rings. The maximum absolute atomic E-state index is 12.5. The smallest absolute Gasteiger partial charge is 0.238 e. The van der Waals surface area contributed by atoms with Gasteiger partial charge in [-0.25, -0.2) is 0 Å². The highest BCUT2D eigenvalue weighted by Gasteiger charge is 2.17. The van der Waals surface area contributed by atoms with Gasteiger partial charge in [-0.15, -0.1) is 0 Å². The number of ether oxygens (including phenoxy) is 1. The Bertz CT molecular complexity index is 749. The largest absolute Gasteiger partial charge is 0.495 e. The molecule has 1 N–H and O–H groups in total. The number of hydrogen-bond donors (Lipinski definition) is 1. The van der Waals surface area contributed by atoms with Gasteiger partial charge in [-0.1, -0.05) is 49.4 Å². The maximum Gasteiger partial charge on any atom is 0.238 e. The number of likely N-dealkylation sites (N-methyl/N-ethyl adjacent to an activating group) is 2. The molecule has 0 saturated heterocycles. The first-order chi connectivity index (χ1) is 13.0. The van der Waals surface area contributed by atoms with Crippen molar-refractivity contribution in [1.82, 2.24) is 9.80 Å². The van der Waals surface area contributed by atoms with Crippen LogP contribution in [0.3, 0.4) is 0 Å². The van der Waals surface area contributed by atoms with Gasteiger partial charge in [0.05, 0.1) is 25.9 Å². The molecule has 0 spiro atoms. The van der Waals surface area contributed by atoms with E-state index in [1.807, 2.05) is 54.3 Å². The fourth-order valence-electron chi connectivity index (χ4n) is 2.68. The highest BCUT2D eigenvalue weighted by atomic mass is 16.5. The molecule has 0 aliphatic carbocycles. The SMILES string of the molecule is CCN(CC(=O)Nc1ccccc1OC)CC(=O)N(C)Cc1ccccc1. The van der Waals surface area contributed by atoms with Crippen LogP contribution in [0.2, 0.25) is 0 Å². The van der Waals surface area contributed by atoms with Crippen LogP contribution in [0, 0.1) is 0 Å². The first kappa shape index (κ1) is 20.5. The van der Waals surface area contributed by atoms with E-state index in [-0.39, 0.29) is 24.9 Å². The van der Waals surface area contributed by atoms with E-state index < -0.39 is 0 Å². The van der Waals surface area contributed by atoms with Crippen LogP contribution >= 0.6 is 0 Å². The second-order valence-corrected chi connectivity index (χ2v) is 6.29. The van der Waals surface area contributed by atoms with Crippen LogP contribution in [-0.4, -0.2) is 55.4 Å². The van der Waals surface area contributed by atoms with Crippen LogP contribution in [0.25, 0.3) is 0 Å². The Labute approximate surface area is 160 Å². The lowest BCUT2D eigenvalue weighted by atomic mass is 10.2. The number of nitrogens with zero attached hydrogens (tertiary/aromatic N) is 2. The van der Waals surface area contributed by atoms with Crippen molar-refractivity contribution in [2.75, 3.05) is 39.1 Å². The molecule has 6 heteroatoms. The van der Waals surface area contributed by atoms with Gasteiger partial charge in [0.15, 0.2) is 0 Å². The molecule has 6 nitrogen and oxygen atoms in total. The molecule has 0 heterocycles. The monoisotopic (exact) mass is 369 g/mol. The average Bonchev–Trinajstić information content (AvgIpc) is 2.68. The number of para-hydroxylation sites is 2. The van der Waals surface area contributed by atoms with E-state index in [1.54, 1.807) is 31.2 Å². The summed E-state index contributed by atoms with van der Waals surface area (Å²) in [6, 6.07) is 17.1. The lowest BCUT2D eigenvalue weighted by Crippen LogP contribution is -2.41. The molecule has 2 amide bonds. The maximum atomic E-state index is 12.5. The minimum Gasteiger partial charge on any atom is -0.495 e. The molecule has 0 radical (unpaired) electrons. The third-order valence-corrected chi connectivity index (χ3v) is 4.24. The van der Waals surface area contributed by atoms with Crippen molar-refractivity contribution < 1.29 is 14.3 Å². The molecular formula is C21H27N3O3. The van der Waals surface area contributed by atoms with Crippen molar-refractivity contribution in [3.8, 4) is 5.75 Å². The van der Waals surface area contributed by atoms with Crippen molar-refractivity contribution in [2.45, 2.75) is 13.5 Å². The summed E-state index contributed by atoms with van der Waals surface area (Å²) >= 11 is 0. The zero-order chi connectivity index (χ0) is 19.6. The number of amides is 2. The molecule has 0 aliphatic heterocycles. The van der Waals surface area contributed by atoms with Crippen LogP contribution in [0.15, 0.2) is 54.6 Å². The average molecular weight is 369 g/mol. The summed E-state index contributed by atoms with van der Waals surface area (Å²) in [5.74, 6) is 0.401. The molecule has 0 saturated carbocycles. The third-order valence-electron chi connectivity index (χ3n) is 4.24. The number of nitrogens with one attached hydrogen (secondary N) is 1. The Morgan fingerprint density at radius 1 is 1.00 bits per heavy atom. The summed E-state index contributed by atoms with van der Waals surface area (Å²) in [6.07, 6.45) is 0. The normalized spacial score (nSPS) is 10.5. The van der Waals surface area contributed by atoms with Gasteiger partial charge in [0.2, 0.25) is 11.8 Å². The summed E-state index contributed by atoms with van der Waals surface area (Å²) in [4.78, 5) is 28.3. The molecule has 0 unspecified atom stereocenters. The van der Waals surface area contributed by atoms with E-state index >= 15 is 0 Å². The Morgan fingerprint density at radius 2 is 1.67 bits per heavy atom. The molecule has 0 atom stereocenters. The summed E-state index contributed by atoms with van der Waals surface area (Å²) < 4.78 is 5.24. The molecule has 2 aromatic rings. The van der Waals surface area contributed by atoms with Crippen molar-refractivity contribution in [2.24, 2.45) is 0 Å². The molecule has 2 rings (SSSR count). The van der Waals surface area contributed by atoms with E-state index in [1.165, 1.54) is 0 Å². The number of rotatable bonds is 9. The fraction of sp³-hybridized carbons (Fsp3) is 0.333. The van der Waals surface area contributed by atoms with Gasteiger partial charge in [0, 0.05) is 13.6 Å². The van der Waals surface area contributed by atoms with E-state index in [0.717, 1.165) is 5.56 Å². The fourth-order valence-corrected chi connectivity index (χ4v) is 2.68. The minimum absolute atomic E-state index is 0.0224. The van der Waals surface area contributed by atoms with Gasteiger partial charge >= 0.3 is 0 Å². The Morgan fingerprint density at radius 3 is 2.33 bits per heavy atom. The Kier molecular flexibility index (Phi) is 7.82. The molecule has 0 aromatic heterocycles. The number of benzene rings is 2. The molecule has 0 bridgehead atoms. The van der Waals surface area contributed by atoms with Gasteiger partial charge in [-0.3, -0.25) is 14.5 Å². The predicted octanol–water partition coefficient (Wildman–Crippen LogP) is 2.61. The van der Waals surface area contributed by atoms with E-state index in [0.29, 0.717) is 24.5 Å². The van der Waals surface area contributed by atoms with Crippen molar-refractivity contribution in [1.29, 1.82) is 0 Å². The molecule has 0 fully saturated rings. The minimum atomic E-state index is -0.181. The second-order valence-electron chi connectivity index (χ2n) is 6.29. The van der Waals surface area contributed by atoms with Crippen molar-refractivity contribution >= 4 is 17.5 Å². The first-order valence-corrected chi connectivity index (χ1v) is 8.96. The van der Waals surface area contributed by atoms with Gasteiger partial charge in [-0.05, 0) is 24.2 Å². The van der Waals surface area contributed by atoms with Crippen molar-refractivity contribution in [3.63, 3.8) is 0 Å². The van der Waals surface area contributed by atoms with Gasteiger partial charge < -0.3 is 15.0 Å². The number of carbonyl (C=O) groups excluding carboxylic acids is 2. The number of hydrogen-bond acceptors (Lipinski definition) is 4. The topological polar surface area (TPSA) is 61.9 Å². The van der Waals surface area contributed by atoms with Crippen LogP contribution in [0.4, 0.5) is 5.69 Å². The number of anilines is 1. The first-order valence-electron chi connectivity index (χ1n) is 8.96. The Balaban J connectivity index is 1.88. The quantitative estimate of drug-likeness (QED) is 0.738. The van der Waals surface area contributed by atoms with E-state index in [2.05, 4.69) is 5.32 Å². The van der Waals surface area contributed by atoms with Gasteiger partial charge in [0.1, 0.15) is 5.75 Å². The van der Waals surface area contributed by atoms with Gasteiger partial charge in [-0.2, -0.15) is 0 Å². The zero-order valence-corrected chi connectivity index (χ0v) is 16.1. The second kappa shape index (κ2) is 10.3. The molecule has 144 valence electrons. The van der Waals surface area contributed by atoms with Crippen LogP contribution < -0.4 is 10.1 Å². The molecule has 2 aromatic carbocycles. The highest BCUT2D eigenvalue weighted by Crippen LogP contribution is 2.22. The predicted molar refractivity (Wildman–Crippen MR) is 107 cm³/mol. The lowest BCUT2D eigenvalue weighted by Gasteiger charge is -2.24. The third kappa shape index (κ3) is 6.42. The van der Waals surface area contributed by atoms with Gasteiger partial charge in [0.25, 0.3) is 0 Å². The molecule has 27 heavy (non-hydrogen) atoms. The number of methoxy groups -OCH3 is 1. The summed E-state index contributed by atoms with van der Waals surface area (Å²) in [7, 11) is 3.34. The Hall–Kier alpha value is -2.86. The van der Waals surface area contributed by atoms with Crippen LogP contribution in [0.1, 0.15) is 12.5 Å². The van der Waals surface area contributed by atoms with Crippen LogP contribution in [0.5, 0.6) is 5.75 Å². The number of carbonyl (C=O) groups is 2. The van der Waals surface area contributed by atoms with E-state index in [9.17, 15) is 9.59 Å². The summed E-state index contributed by atoms with van der Waals surface area (Å²) in [5, 5.41) is 2.84. The van der Waals surface area contributed by atoms with E-state index in [4.69, 9.17) is 4.74 Å². The standard InChI is InChI=1S/C21H27N3O3/c1-4-24(15-20(25)22-18-12-8-9-13-19(18)27-3)16-21(26)23(2)14-17-10-6-5-7-11-17/h5-13H,4,14-16H2,1-3H3,(H,22,25).